The van der Waals surface area contributed by atoms with Gasteiger partial charge in [0.05, 0.1) is 10.7 Å². The molecule has 2 aromatic rings. The fourth-order valence-corrected chi connectivity index (χ4v) is 3.29. The first kappa shape index (κ1) is 13.5. The van der Waals surface area contributed by atoms with Crippen LogP contribution in [0.2, 0.25) is 0 Å². The number of hydrogen-bond donors (Lipinski definition) is 1. The van der Waals surface area contributed by atoms with Gasteiger partial charge in [0.15, 0.2) is 0 Å². The Labute approximate surface area is 118 Å². The van der Waals surface area contributed by atoms with Gasteiger partial charge in [0, 0.05) is 16.9 Å². The van der Waals surface area contributed by atoms with Crippen molar-refractivity contribution in [1.29, 1.82) is 0 Å². The molecule has 1 fully saturated rings. The highest BCUT2D eigenvalue weighted by molar-refractivity contribution is 7.10. The molecule has 0 radical (unpaired) electrons. The van der Waals surface area contributed by atoms with Gasteiger partial charge in [-0.05, 0) is 25.9 Å². The first-order valence-electron chi connectivity index (χ1n) is 6.15. The smallest absolute Gasteiger partial charge is 0.0964 e. The number of thiazole rings is 1. The van der Waals surface area contributed by atoms with Crippen molar-refractivity contribution in [3.05, 3.63) is 40.7 Å². The Hall–Kier alpha value is -0.900. The highest BCUT2D eigenvalue weighted by Crippen LogP contribution is 2.30. The van der Waals surface area contributed by atoms with Crippen molar-refractivity contribution in [2.75, 3.05) is 13.1 Å². The van der Waals surface area contributed by atoms with E-state index in [1.54, 1.807) is 0 Å². The van der Waals surface area contributed by atoms with Crippen LogP contribution in [0.4, 0.5) is 0 Å². The second kappa shape index (κ2) is 6.32. The monoisotopic (exact) mass is 280 g/mol. The van der Waals surface area contributed by atoms with Crippen molar-refractivity contribution >= 4 is 23.7 Å². The first-order chi connectivity index (χ1) is 8.43. The number of nitrogens with one attached hydrogen (secondary N) is 1. The summed E-state index contributed by atoms with van der Waals surface area (Å²) in [6.45, 7) is 2.26. The van der Waals surface area contributed by atoms with Crippen molar-refractivity contribution in [2.45, 2.75) is 18.8 Å². The third-order valence-electron chi connectivity index (χ3n) is 3.28. The lowest BCUT2D eigenvalue weighted by Crippen LogP contribution is -2.26. The Morgan fingerprint density at radius 3 is 2.56 bits per heavy atom. The molecule has 0 amide bonds. The molecule has 0 aliphatic carbocycles. The molecule has 0 bridgehead atoms. The van der Waals surface area contributed by atoms with Gasteiger partial charge < -0.3 is 5.32 Å². The molecule has 1 aromatic carbocycles. The van der Waals surface area contributed by atoms with E-state index in [-0.39, 0.29) is 12.4 Å². The molecule has 1 aliphatic heterocycles. The summed E-state index contributed by atoms with van der Waals surface area (Å²) < 4.78 is 0. The van der Waals surface area contributed by atoms with Gasteiger partial charge in [-0.15, -0.1) is 23.7 Å². The van der Waals surface area contributed by atoms with Crippen molar-refractivity contribution < 1.29 is 0 Å². The number of halogens is 1. The van der Waals surface area contributed by atoms with Crippen molar-refractivity contribution in [1.82, 2.24) is 10.3 Å². The molecule has 3 rings (SSSR count). The lowest BCUT2D eigenvalue weighted by Gasteiger charge is -2.20. The number of hydrogen-bond acceptors (Lipinski definition) is 3. The summed E-state index contributed by atoms with van der Waals surface area (Å²) in [7, 11) is 0. The minimum Gasteiger partial charge on any atom is -0.317 e. The molecular formula is C14H17ClN2S. The van der Waals surface area contributed by atoms with Crippen LogP contribution in [-0.2, 0) is 0 Å². The Bertz CT molecular complexity index is 478. The SMILES string of the molecule is Cl.c1ccc(-c2csc(C3CCNCC3)n2)cc1. The summed E-state index contributed by atoms with van der Waals surface area (Å²) in [4.78, 5) is 4.79. The van der Waals surface area contributed by atoms with E-state index in [1.165, 1.54) is 23.4 Å². The van der Waals surface area contributed by atoms with E-state index in [0.717, 1.165) is 18.8 Å². The van der Waals surface area contributed by atoms with E-state index < -0.39 is 0 Å². The fraction of sp³-hybridized carbons (Fsp3) is 0.357. The van der Waals surface area contributed by atoms with E-state index in [4.69, 9.17) is 4.98 Å². The van der Waals surface area contributed by atoms with Crippen molar-refractivity contribution in [3.8, 4) is 11.3 Å². The van der Waals surface area contributed by atoms with Crippen LogP contribution in [0, 0.1) is 0 Å². The van der Waals surface area contributed by atoms with E-state index in [9.17, 15) is 0 Å². The maximum Gasteiger partial charge on any atom is 0.0964 e. The summed E-state index contributed by atoms with van der Waals surface area (Å²) >= 11 is 1.81. The van der Waals surface area contributed by atoms with Gasteiger partial charge in [0.1, 0.15) is 0 Å². The third kappa shape index (κ3) is 2.91. The van der Waals surface area contributed by atoms with Gasteiger partial charge in [-0.1, -0.05) is 30.3 Å². The molecule has 96 valence electrons. The number of rotatable bonds is 2. The molecule has 0 unspecified atom stereocenters. The van der Waals surface area contributed by atoms with E-state index in [2.05, 4.69) is 35.0 Å². The summed E-state index contributed by atoms with van der Waals surface area (Å²) in [5, 5.41) is 6.90. The van der Waals surface area contributed by atoms with Crippen LogP contribution in [0.3, 0.4) is 0 Å². The van der Waals surface area contributed by atoms with Gasteiger partial charge in [0.2, 0.25) is 0 Å². The molecule has 0 spiro atoms. The van der Waals surface area contributed by atoms with Gasteiger partial charge in [0.25, 0.3) is 0 Å². The molecule has 1 saturated heterocycles. The lowest BCUT2D eigenvalue weighted by atomic mass is 9.99. The van der Waals surface area contributed by atoms with Crippen LogP contribution < -0.4 is 5.32 Å². The van der Waals surface area contributed by atoms with E-state index in [1.807, 2.05) is 17.4 Å². The van der Waals surface area contributed by atoms with Gasteiger partial charge in [-0.3, -0.25) is 0 Å². The average Bonchev–Trinajstić information content (AvgIpc) is 2.90. The highest BCUT2D eigenvalue weighted by Gasteiger charge is 2.18. The van der Waals surface area contributed by atoms with Crippen LogP contribution in [0.25, 0.3) is 11.3 Å². The third-order valence-corrected chi connectivity index (χ3v) is 4.29. The van der Waals surface area contributed by atoms with Crippen LogP contribution in [0.1, 0.15) is 23.8 Å². The maximum absolute atomic E-state index is 4.79. The lowest BCUT2D eigenvalue weighted by molar-refractivity contribution is 0.459. The minimum atomic E-state index is 0. The summed E-state index contributed by atoms with van der Waals surface area (Å²) in [5.41, 5.74) is 2.35. The minimum absolute atomic E-state index is 0. The zero-order chi connectivity index (χ0) is 11.5. The zero-order valence-electron chi connectivity index (χ0n) is 10.1. The van der Waals surface area contributed by atoms with Crippen LogP contribution in [0.5, 0.6) is 0 Å². The summed E-state index contributed by atoms with van der Waals surface area (Å²) in [5.74, 6) is 0.665. The average molecular weight is 281 g/mol. The molecule has 0 atom stereocenters. The molecule has 1 N–H and O–H groups in total. The summed E-state index contributed by atoms with van der Waals surface area (Å²) in [6.07, 6.45) is 2.45. The van der Waals surface area contributed by atoms with Gasteiger partial charge in [-0.2, -0.15) is 0 Å². The van der Waals surface area contributed by atoms with Crippen LogP contribution in [-0.4, -0.2) is 18.1 Å². The second-order valence-electron chi connectivity index (χ2n) is 4.46. The summed E-state index contributed by atoms with van der Waals surface area (Å²) in [6, 6.07) is 10.4. The molecule has 1 aromatic heterocycles. The number of nitrogens with zero attached hydrogens (tertiary/aromatic N) is 1. The Kier molecular flexibility index (Phi) is 4.75. The largest absolute Gasteiger partial charge is 0.317 e. The molecule has 0 saturated carbocycles. The van der Waals surface area contributed by atoms with Gasteiger partial charge >= 0.3 is 0 Å². The topological polar surface area (TPSA) is 24.9 Å². The fourth-order valence-electron chi connectivity index (χ4n) is 2.29. The maximum atomic E-state index is 4.79. The van der Waals surface area contributed by atoms with Gasteiger partial charge in [-0.25, -0.2) is 4.98 Å². The Morgan fingerprint density at radius 2 is 1.83 bits per heavy atom. The molecule has 2 nitrogen and oxygen atoms in total. The molecule has 18 heavy (non-hydrogen) atoms. The van der Waals surface area contributed by atoms with Crippen molar-refractivity contribution in [3.63, 3.8) is 0 Å². The molecular weight excluding hydrogens is 264 g/mol. The predicted octanol–water partition coefficient (Wildman–Crippen LogP) is 3.70. The number of aromatic nitrogens is 1. The molecule has 2 heterocycles. The van der Waals surface area contributed by atoms with Crippen LogP contribution in [0.15, 0.2) is 35.7 Å². The first-order valence-corrected chi connectivity index (χ1v) is 7.03. The normalized spacial score (nSPS) is 16.2. The Balaban J connectivity index is 0.00000120. The number of piperidine rings is 1. The van der Waals surface area contributed by atoms with E-state index in [0.29, 0.717) is 5.92 Å². The van der Waals surface area contributed by atoms with Crippen LogP contribution >= 0.6 is 23.7 Å². The second-order valence-corrected chi connectivity index (χ2v) is 5.35. The number of benzene rings is 1. The standard InChI is InChI=1S/C14H16N2S.ClH/c1-2-4-11(5-3-1)13-10-17-14(16-13)12-6-8-15-9-7-12;/h1-5,10,12,15H,6-9H2;1H. The zero-order valence-corrected chi connectivity index (χ0v) is 11.8. The quantitative estimate of drug-likeness (QED) is 0.907. The molecule has 1 aliphatic rings. The highest BCUT2D eigenvalue weighted by atomic mass is 35.5. The van der Waals surface area contributed by atoms with E-state index >= 15 is 0 Å². The Morgan fingerprint density at radius 1 is 1.11 bits per heavy atom. The molecule has 4 heteroatoms. The predicted molar refractivity (Wildman–Crippen MR) is 79.6 cm³/mol. The van der Waals surface area contributed by atoms with Crippen molar-refractivity contribution in [2.24, 2.45) is 0 Å².